The van der Waals surface area contributed by atoms with Crippen LogP contribution in [0.4, 0.5) is 5.88 Å². The number of hydrogen-bond donors (Lipinski definition) is 1. The van der Waals surface area contributed by atoms with E-state index in [-0.39, 0.29) is 17.5 Å². The first kappa shape index (κ1) is 21.3. The first-order chi connectivity index (χ1) is 13.7. The highest BCUT2D eigenvalue weighted by atomic mass is 16.5. The first-order valence-electron chi connectivity index (χ1n) is 9.76. The van der Waals surface area contributed by atoms with Crippen molar-refractivity contribution in [2.75, 3.05) is 18.6 Å². The molecule has 2 rings (SSSR count). The molecule has 0 saturated carbocycles. The molecule has 150 valence electrons. The molecular formula is C21H28N4O3. The smallest absolute Gasteiger partial charge is 0.252 e. The third-order valence-electron chi connectivity index (χ3n) is 4.19. The Morgan fingerprint density at radius 1 is 1.21 bits per heavy atom. The summed E-state index contributed by atoms with van der Waals surface area (Å²) in [4.78, 5) is 4.27. The summed E-state index contributed by atoms with van der Waals surface area (Å²) in [6.45, 7) is 9.30. The van der Waals surface area contributed by atoms with Crippen molar-refractivity contribution in [1.29, 1.82) is 5.26 Å². The van der Waals surface area contributed by atoms with Crippen molar-refractivity contribution in [3.63, 3.8) is 0 Å². The zero-order valence-electron chi connectivity index (χ0n) is 17.0. The Hall–Kier alpha value is -3.01. The molecular weight excluding hydrogens is 356 g/mol. The summed E-state index contributed by atoms with van der Waals surface area (Å²) in [5.74, 6) is 2.40. The van der Waals surface area contributed by atoms with E-state index in [0.29, 0.717) is 30.6 Å². The molecule has 0 unspecified atom stereocenters. The van der Waals surface area contributed by atoms with Crippen molar-refractivity contribution in [3.8, 4) is 17.6 Å². The lowest BCUT2D eigenvalue weighted by atomic mass is 10.0. The second-order valence-corrected chi connectivity index (χ2v) is 6.21. The Balaban J connectivity index is 2.14. The molecule has 0 aliphatic rings. The lowest BCUT2D eigenvalue weighted by molar-refractivity contribution is 0.277. The molecule has 0 spiro atoms. The number of rotatable bonds is 11. The van der Waals surface area contributed by atoms with Crippen LogP contribution in [-0.2, 0) is 0 Å². The van der Waals surface area contributed by atoms with Crippen molar-refractivity contribution in [1.82, 2.24) is 4.98 Å². The first-order valence-corrected chi connectivity index (χ1v) is 9.76. The molecule has 28 heavy (non-hydrogen) atoms. The van der Waals surface area contributed by atoms with Crippen molar-refractivity contribution >= 4 is 12.1 Å². The highest BCUT2D eigenvalue weighted by Crippen LogP contribution is 2.29. The molecule has 7 nitrogen and oxygen atoms in total. The van der Waals surface area contributed by atoms with Crippen LogP contribution in [0.3, 0.4) is 0 Å². The van der Waals surface area contributed by atoms with Gasteiger partial charge in [0.05, 0.1) is 19.4 Å². The van der Waals surface area contributed by atoms with Crippen LogP contribution in [0.25, 0.3) is 0 Å². The fourth-order valence-electron chi connectivity index (χ4n) is 2.67. The Morgan fingerprint density at radius 2 is 2.00 bits per heavy atom. The monoisotopic (exact) mass is 384 g/mol. The average molecular weight is 384 g/mol. The fraction of sp³-hybridized carbons (Fsp3) is 0.476. The highest BCUT2D eigenvalue weighted by molar-refractivity contribution is 5.81. The third-order valence-corrected chi connectivity index (χ3v) is 4.19. The molecule has 0 bridgehead atoms. The largest absolute Gasteiger partial charge is 0.490 e. The van der Waals surface area contributed by atoms with Gasteiger partial charge in [0.2, 0.25) is 11.6 Å². The molecule has 1 N–H and O–H groups in total. The number of nitrogens with one attached hydrogen (secondary N) is 1. The van der Waals surface area contributed by atoms with Gasteiger partial charge in [-0.2, -0.15) is 10.4 Å². The van der Waals surface area contributed by atoms with E-state index in [0.717, 1.165) is 24.8 Å². The Labute approximate surface area is 166 Å². The average Bonchev–Trinajstić information content (AvgIpc) is 3.11. The van der Waals surface area contributed by atoms with E-state index in [1.54, 1.807) is 6.21 Å². The molecule has 7 heteroatoms. The summed E-state index contributed by atoms with van der Waals surface area (Å²) in [6.07, 6.45) is 4.36. The number of nitriles is 1. The summed E-state index contributed by atoms with van der Waals surface area (Å²) in [5.41, 5.74) is 3.82. The van der Waals surface area contributed by atoms with Crippen molar-refractivity contribution in [2.24, 2.45) is 5.10 Å². The van der Waals surface area contributed by atoms with Crippen LogP contribution >= 0.6 is 0 Å². The molecule has 0 aliphatic heterocycles. The Bertz CT molecular complexity index is 820. The number of aromatic nitrogens is 1. The van der Waals surface area contributed by atoms with Gasteiger partial charge in [0.15, 0.2) is 11.5 Å². The molecule has 0 amide bonds. The van der Waals surface area contributed by atoms with E-state index in [2.05, 4.69) is 36.3 Å². The van der Waals surface area contributed by atoms with Gasteiger partial charge < -0.3 is 13.9 Å². The SMILES string of the molecule is CCCOc1ccc(/C=N/Nc2oc(C(CC)CC)nc2C#N)cc1OCC. The third kappa shape index (κ3) is 5.49. The molecule has 2 aromatic rings. The second-order valence-electron chi connectivity index (χ2n) is 6.21. The Morgan fingerprint density at radius 3 is 2.64 bits per heavy atom. The van der Waals surface area contributed by atoms with Crippen molar-refractivity contribution in [2.45, 2.75) is 52.9 Å². The van der Waals surface area contributed by atoms with Gasteiger partial charge in [0.1, 0.15) is 6.07 Å². The summed E-state index contributed by atoms with van der Waals surface area (Å²) < 4.78 is 17.1. The van der Waals surface area contributed by atoms with Crippen LogP contribution in [0.15, 0.2) is 27.7 Å². The Kier molecular flexibility index (Phi) is 8.35. The molecule has 0 fully saturated rings. The van der Waals surface area contributed by atoms with E-state index in [9.17, 15) is 5.26 Å². The van der Waals surface area contributed by atoms with Crippen LogP contribution in [-0.4, -0.2) is 24.4 Å². The maximum Gasteiger partial charge on any atom is 0.252 e. The van der Waals surface area contributed by atoms with Gasteiger partial charge in [0, 0.05) is 5.92 Å². The van der Waals surface area contributed by atoms with Crippen LogP contribution in [0.2, 0.25) is 0 Å². The minimum absolute atomic E-state index is 0.191. The molecule has 0 radical (unpaired) electrons. The van der Waals surface area contributed by atoms with Gasteiger partial charge in [-0.05, 0) is 49.9 Å². The lowest BCUT2D eigenvalue weighted by Gasteiger charge is -2.11. The quantitative estimate of drug-likeness (QED) is 0.429. The lowest BCUT2D eigenvalue weighted by Crippen LogP contribution is -2.01. The molecule has 0 aliphatic carbocycles. The maximum absolute atomic E-state index is 9.28. The predicted molar refractivity (Wildman–Crippen MR) is 109 cm³/mol. The number of benzene rings is 1. The number of hydrazone groups is 1. The summed E-state index contributed by atoms with van der Waals surface area (Å²) in [5, 5.41) is 13.5. The van der Waals surface area contributed by atoms with E-state index in [4.69, 9.17) is 13.9 Å². The number of nitrogens with zero attached hydrogens (tertiary/aromatic N) is 3. The van der Waals surface area contributed by atoms with Gasteiger partial charge in [-0.3, -0.25) is 0 Å². The molecule has 0 saturated heterocycles. The fourth-order valence-corrected chi connectivity index (χ4v) is 2.67. The van der Waals surface area contributed by atoms with E-state index >= 15 is 0 Å². The van der Waals surface area contributed by atoms with Crippen molar-refractivity contribution in [3.05, 3.63) is 35.3 Å². The van der Waals surface area contributed by atoms with Crippen LogP contribution in [0.1, 0.15) is 70.0 Å². The molecule has 0 atom stereocenters. The highest BCUT2D eigenvalue weighted by Gasteiger charge is 2.18. The van der Waals surface area contributed by atoms with E-state index in [1.165, 1.54) is 0 Å². The summed E-state index contributed by atoms with van der Waals surface area (Å²) in [6, 6.07) is 7.66. The van der Waals surface area contributed by atoms with Crippen molar-refractivity contribution < 1.29 is 13.9 Å². The maximum atomic E-state index is 9.28. The predicted octanol–water partition coefficient (Wildman–Crippen LogP) is 5.08. The zero-order valence-corrected chi connectivity index (χ0v) is 17.0. The summed E-state index contributed by atoms with van der Waals surface area (Å²) >= 11 is 0. The minimum Gasteiger partial charge on any atom is -0.490 e. The van der Waals surface area contributed by atoms with E-state index < -0.39 is 0 Å². The molecule has 1 aromatic heterocycles. The van der Waals surface area contributed by atoms with Gasteiger partial charge in [-0.15, -0.1) is 0 Å². The van der Waals surface area contributed by atoms with Crippen LogP contribution in [0, 0.1) is 11.3 Å². The number of oxazole rings is 1. The minimum atomic E-state index is 0.191. The number of hydrogen-bond acceptors (Lipinski definition) is 7. The normalized spacial score (nSPS) is 11.0. The molecule has 1 heterocycles. The van der Waals surface area contributed by atoms with Gasteiger partial charge >= 0.3 is 0 Å². The van der Waals surface area contributed by atoms with E-state index in [1.807, 2.05) is 31.2 Å². The number of ether oxygens (including phenoxy) is 2. The van der Waals surface area contributed by atoms with Crippen LogP contribution in [0.5, 0.6) is 11.5 Å². The van der Waals surface area contributed by atoms with Crippen LogP contribution < -0.4 is 14.9 Å². The van der Waals surface area contributed by atoms with Gasteiger partial charge in [-0.1, -0.05) is 20.8 Å². The topological polar surface area (TPSA) is 92.7 Å². The standard InChI is InChI=1S/C21H28N4O3/c1-5-11-27-18-10-9-15(12-19(18)26-8-4)14-23-25-21-17(13-22)24-20(28-21)16(6-2)7-3/h9-10,12,14,16,25H,5-8,11H2,1-4H3/b23-14+. The second kappa shape index (κ2) is 11.0. The molecule has 1 aromatic carbocycles. The number of anilines is 1. The summed E-state index contributed by atoms with van der Waals surface area (Å²) in [7, 11) is 0. The van der Waals surface area contributed by atoms with Gasteiger partial charge in [-0.25, -0.2) is 10.4 Å². The zero-order chi connectivity index (χ0) is 20.4. The van der Waals surface area contributed by atoms with Gasteiger partial charge in [0.25, 0.3) is 5.88 Å².